The van der Waals surface area contributed by atoms with Gasteiger partial charge in [-0.3, -0.25) is 19.8 Å². The van der Waals surface area contributed by atoms with Crippen LogP contribution in [-0.4, -0.2) is 58.7 Å². The van der Waals surface area contributed by atoms with E-state index < -0.39 is 4.92 Å². The Labute approximate surface area is 167 Å². The smallest absolute Gasteiger partial charge is 0.289 e. The summed E-state index contributed by atoms with van der Waals surface area (Å²) >= 11 is 5.79. The van der Waals surface area contributed by atoms with Crippen LogP contribution in [0.1, 0.15) is 12.8 Å². The molecule has 2 heterocycles. The Bertz CT molecular complexity index is 850. The summed E-state index contributed by atoms with van der Waals surface area (Å²) in [6.45, 7) is 1.78. The fourth-order valence-corrected chi connectivity index (χ4v) is 3.56. The summed E-state index contributed by atoms with van der Waals surface area (Å²) in [6, 6.07) is 8.25. The molecule has 1 atom stereocenters. The van der Waals surface area contributed by atoms with Crippen LogP contribution in [0.15, 0.2) is 36.5 Å². The van der Waals surface area contributed by atoms with Gasteiger partial charge < -0.3 is 10.2 Å². The van der Waals surface area contributed by atoms with Crippen molar-refractivity contribution >= 4 is 34.7 Å². The van der Waals surface area contributed by atoms with E-state index in [2.05, 4.69) is 20.4 Å². The molecular weight excluding hydrogens is 384 g/mol. The number of carbonyl (C=O) groups excluding carboxylic acids is 1. The molecule has 0 saturated carbocycles. The Morgan fingerprint density at radius 3 is 3.00 bits per heavy atom. The normalized spacial score (nSPS) is 16.4. The summed E-state index contributed by atoms with van der Waals surface area (Å²) in [6.07, 6.45) is 3.73. The van der Waals surface area contributed by atoms with Crippen LogP contribution < -0.4 is 10.2 Å². The number of aromatic nitrogens is 2. The van der Waals surface area contributed by atoms with Crippen molar-refractivity contribution in [1.29, 1.82) is 0 Å². The van der Waals surface area contributed by atoms with Gasteiger partial charge in [-0.05, 0) is 44.2 Å². The highest BCUT2D eigenvalue weighted by Gasteiger charge is 2.27. The first-order chi connectivity index (χ1) is 13.4. The summed E-state index contributed by atoms with van der Waals surface area (Å²) in [4.78, 5) is 26.9. The lowest BCUT2D eigenvalue weighted by molar-refractivity contribution is -0.384. The fourth-order valence-electron chi connectivity index (χ4n) is 3.37. The van der Waals surface area contributed by atoms with Crippen molar-refractivity contribution in [1.82, 2.24) is 15.1 Å². The van der Waals surface area contributed by atoms with Gasteiger partial charge in [-0.15, -0.1) is 5.10 Å². The molecule has 9 nitrogen and oxygen atoms in total. The first-order valence-electron chi connectivity index (χ1n) is 8.90. The molecule has 1 aliphatic rings. The summed E-state index contributed by atoms with van der Waals surface area (Å²) in [5.41, 5.74) is 0.106. The Hall–Kier alpha value is -2.78. The third-order valence-corrected chi connectivity index (χ3v) is 4.91. The molecule has 1 aromatic heterocycles. The number of hydrogen-bond donors (Lipinski definition) is 1. The molecule has 3 rings (SSSR count). The van der Waals surface area contributed by atoms with Crippen molar-refractivity contribution < 1.29 is 9.72 Å². The van der Waals surface area contributed by atoms with Crippen molar-refractivity contribution in [3.8, 4) is 0 Å². The molecule has 1 aliphatic heterocycles. The maximum atomic E-state index is 12.3. The third-order valence-electron chi connectivity index (χ3n) is 4.59. The number of nitrogens with zero attached hydrogens (tertiary/aromatic N) is 5. The number of rotatable bonds is 7. The van der Waals surface area contributed by atoms with Gasteiger partial charge in [0.2, 0.25) is 5.91 Å². The van der Waals surface area contributed by atoms with Crippen molar-refractivity contribution in [2.24, 2.45) is 0 Å². The lowest BCUT2D eigenvalue weighted by atomic mass is 10.2. The standard InChI is InChI=1S/C18H21ClN6O3/c1-23(11-14-4-3-9-24(14)17-5-2-8-20-22-17)12-18(26)21-13-6-7-15(19)16(10-13)25(27)28/h2,5-8,10,14H,3-4,9,11-12H2,1H3,(H,21,26). The molecule has 1 aromatic carbocycles. The second kappa shape index (κ2) is 8.94. The Morgan fingerprint density at radius 2 is 2.29 bits per heavy atom. The highest BCUT2D eigenvalue weighted by atomic mass is 35.5. The Kier molecular flexibility index (Phi) is 6.37. The van der Waals surface area contributed by atoms with E-state index in [0.29, 0.717) is 12.2 Å². The van der Waals surface area contributed by atoms with Crippen LogP contribution in [-0.2, 0) is 4.79 Å². The van der Waals surface area contributed by atoms with Gasteiger partial charge in [0.25, 0.3) is 5.69 Å². The predicted molar refractivity (Wildman–Crippen MR) is 107 cm³/mol. The SMILES string of the molecule is CN(CC(=O)Nc1ccc(Cl)c([N+](=O)[O-])c1)CC1CCCN1c1cccnn1. The Balaban J connectivity index is 1.56. The number of benzene rings is 1. The van der Waals surface area contributed by atoms with Crippen LogP contribution in [0.5, 0.6) is 0 Å². The van der Waals surface area contributed by atoms with Crippen molar-refractivity contribution in [3.05, 3.63) is 51.7 Å². The minimum atomic E-state index is -0.578. The number of nitro groups is 1. The van der Waals surface area contributed by atoms with E-state index >= 15 is 0 Å². The number of halogens is 1. The second-order valence-corrected chi connectivity index (χ2v) is 7.15. The van der Waals surface area contributed by atoms with E-state index in [9.17, 15) is 14.9 Å². The molecule has 0 aliphatic carbocycles. The van der Waals surface area contributed by atoms with E-state index in [-0.39, 0.29) is 29.2 Å². The first-order valence-corrected chi connectivity index (χ1v) is 9.28. The lowest BCUT2D eigenvalue weighted by Crippen LogP contribution is -2.42. The average Bonchev–Trinajstić information content (AvgIpc) is 3.11. The molecule has 0 spiro atoms. The quantitative estimate of drug-likeness (QED) is 0.558. The molecule has 28 heavy (non-hydrogen) atoms. The molecule has 1 N–H and O–H groups in total. The molecule has 148 valence electrons. The van der Waals surface area contributed by atoms with E-state index in [1.165, 1.54) is 12.1 Å². The van der Waals surface area contributed by atoms with Gasteiger partial charge in [-0.2, -0.15) is 5.10 Å². The molecule has 0 bridgehead atoms. The minimum Gasteiger partial charge on any atom is -0.351 e. The number of nitro benzene ring substituents is 1. The number of likely N-dealkylation sites (N-methyl/N-ethyl adjacent to an activating group) is 1. The van der Waals surface area contributed by atoms with Crippen molar-refractivity contribution in [3.63, 3.8) is 0 Å². The molecular formula is C18H21ClN6O3. The average molecular weight is 405 g/mol. The topological polar surface area (TPSA) is 104 Å². The number of amides is 1. The van der Waals surface area contributed by atoms with E-state index in [0.717, 1.165) is 25.2 Å². The van der Waals surface area contributed by atoms with Gasteiger partial charge >= 0.3 is 0 Å². The van der Waals surface area contributed by atoms with Crippen LogP contribution in [0.3, 0.4) is 0 Å². The van der Waals surface area contributed by atoms with E-state index in [4.69, 9.17) is 11.6 Å². The fraction of sp³-hybridized carbons (Fsp3) is 0.389. The second-order valence-electron chi connectivity index (χ2n) is 6.74. The van der Waals surface area contributed by atoms with Crippen LogP contribution in [0.4, 0.5) is 17.2 Å². The molecule has 2 aromatic rings. The van der Waals surface area contributed by atoms with Crippen molar-refractivity contribution in [2.45, 2.75) is 18.9 Å². The van der Waals surface area contributed by atoms with Gasteiger partial charge in [0, 0.05) is 37.1 Å². The van der Waals surface area contributed by atoms with Gasteiger partial charge in [0.1, 0.15) is 5.02 Å². The van der Waals surface area contributed by atoms with E-state index in [1.807, 2.05) is 24.1 Å². The van der Waals surface area contributed by atoms with Crippen LogP contribution in [0.2, 0.25) is 5.02 Å². The molecule has 0 radical (unpaired) electrons. The highest BCUT2D eigenvalue weighted by molar-refractivity contribution is 6.32. The predicted octanol–water partition coefficient (Wildman–Crippen LogP) is 2.58. The first kappa shape index (κ1) is 20.0. The monoisotopic (exact) mass is 404 g/mol. The van der Waals surface area contributed by atoms with Gasteiger partial charge in [-0.1, -0.05) is 11.6 Å². The molecule has 10 heteroatoms. The number of carbonyl (C=O) groups is 1. The van der Waals surface area contributed by atoms with Crippen LogP contribution in [0, 0.1) is 10.1 Å². The molecule has 1 saturated heterocycles. The summed E-state index contributed by atoms with van der Waals surface area (Å²) in [5.74, 6) is 0.597. The summed E-state index contributed by atoms with van der Waals surface area (Å²) < 4.78 is 0. The number of hydrogen-bond acceptors (Lipinski definition) is 7. The molecule has 1 unspecified atom stereocenters. The highest BCUT2D eigenvalue weighted by Crippen LogP contribution is 2.27. The van der Waals surface area contributed by atoms with Gasteiger partial charge in [0.05, 0.1) is 11.5 Å². The lowest BCUT2D eigenvalue weighted by Gasteiger charge is -2.28. The number of anilines is 2. The van der Waals surface area contributed by atoms with Crippen LogP contribution >= 0.6 is 11.6 Å². The summed E-state index contributed by atoms with van der Waals surface area (Å²) in [5, 5.41) is 21.8. The zero-order valence-electron chi connectivity index (χ0n) is 15.4. The van der Waals surface area contributed by atoms with Gasteiger partial charge in [0.15, 0.2) is 5.82 Å². The third kappa shape index (κ3) is 4.93. The van der Waals surface area contributed by atoms with Gasteiger partial charge in [-0.25, -0.2) is 0 Å². The molecule has 1 amide bonds. The number of nitrogens with one attached hydrogen (secondary N) is 1. The van der Waals surface area contributed by atoms with E-state index in [1.54, 1.807) is 12.3 Å². The van der Waals surface area contributed by atoms with Crippen molar-refractivity contribution in [2.75, 3.05) is 36.9 Å². The van der Waals surface area contributed by atoms with Crippen LogP contribution in [0.25, 0.3) is 0 Å². The zero-order valence-corrected chi connectivity index (χ0v) is 16.2. The maximum absolute atomic E-state index is 12.3. The maximum Gasteiger partial charge on any atom is 0.289 e. The molecule has 1 fully saturated rings. The summed E-state index contributed by atoms with van der Waals surface area (Å²) in [7, 11) is 1.87. The zero-order chi connectivity index (χ0) is 20.1. The minimum absolute atomic E-state index is 0.0328. The largest absolute Gasteiger partial charge is 0.351 e. The Morgan fingerprint density at radius 1 is 1.46 bits per heavy atom.